The van der Waals surface area contributed by atoms with Crippen molar-refractivity contribution in [3.63, 3.8) is 0 Å². The van der Waals surface area contributed by atoms with Crippen LogP contribution in [0.3, 0.4) is 0 Å². The molecule has 0 aromatic rings. The first kappa shape index (κ1) is 12.5. The number of piperidine rings is 1. The second-order valence-electron chi connectivity index (χ2n) is 4.76. The molecule has 0 aromatic carbocycles. The molecule has 2 rings (SSSR count). The summed E-state index contributed by atoms with van der Waals surface area (Å²) in [5, 5.41) is 3.42. The van der Waals surface area contributed by atoms with E-state index in [1.807, 2.05) is 0 Å². The van der Waals surface area contributed by atoms with Crippen LogP contribution in [0.5, 0.6) is 0 Å². The SMILES string of the molecule is CCC1CCCNC1CN1C(=O)COCC1=O. The van der Waals surface area contributed by atoms with Crippen LogP contribution in [0.1, 0.15) is 26.2 Å². The van der Waals surface area contributed by atoms with Gasteiger partial charge in [0.2, 0.25) is 0 Å². The van der Waals surface area contributed by atoms with Gasteiger partial charge in [-0.1, -0.05) is 13.3 Å². The summed E-state index contributed by atoms with van der Waals surface area (Å²) in [5.74, 6) is 0.152. The molecule has 2 fully saturated rings. The maximum atomic E-state index is 11.6. The Labute approximate surface area is 101 Å². The Hall–Kier alpha value is -0.940. The van der Waals surface area contributed by atoms with Crippen LogP contribution in [-0.2, 0) is 14.3 Å². The predicted octanol–water partition coefficient (Wildman–Crippen LogP) is 0.150. The van der Waals surface area contributed by atoms with E-state index in [0.717, 1.165) is 13.0 Å². The predicted molar refractivity (Wildman–Crippen MR) is 62.3 cm³/mol. The number of carbonyl (C=O) groups is 2. The average molecular weight is 240 g/mol. The van der Waals surface area contributed by atoms with Gasteiger partial charge < -0.3 is 10.1 Å². The van der Waals surface area contributed by atoms with Crippen molar-refractivity contribution in [3.8, 4) is 0 Å². The second-order valence-corrected chi connectivity index (χ2v) is 4.76. The van der Waals surface area contributed by atoms with Gasteiger partial charge in [0.15, 0.2) is 0 Å². The highest BCUT2D eigenvalue weighted by atomic mass is 16.5. The quantitative estimate of drug-likeness (QED) is 0.713. The van der Waals surface area contributed by atoms with Crippen molar-refractivity contribution in [1.29, 1.82) is 0 Å². The first-order valence-electron chi connectivity index (χ1n) is 6.36. The lowest BCUT2D eigenvalue weighted by molar-refractivity contribution is -0.159. The second kappa shape index (κ2) is 5.60. The number of hydrogen-bond donors (Lipinski definition) is 1. The summed E-state index contributed by atoms with van der Waals surface area (Å²) in [7, 11) is 0. The monoisotopic (exact) mass is 240 g/mol. The Kier molecular flexibility index (Phi) is 4.12. The van der Waals surface area contributed by atoms with E-state index in [4.69, 9.17) is 4.74 Å². The summed E-state index contributed by atoms with van der Waals surface area (Å²) in [5.41, 5.74) is 0. The van der Waals surface area contributed by atoms with Crippen molar-refractivity contribution >= 4 is 11.8 Å². The molecule has 0 radical (unpaired) electrons. The number of rotatable bonds is 3. The van der Waals surface area contributed by atoms with E-state index in [2.05, 4.69) is 12.2 Å². The third kappa shape index (κ3) is 2.84. The molecule has 17 heavy (non-hydrogen) atoms. The zero-order valence-corrected chi connectivity index (χ0v) is 10.3. The van der Waals surface area contributed by atoms with E-state index in [1.54, 1.807) is 0 Å². The molecule has 0 spiro atoms. The molecule has 1 N–H and O–H groups in total. The van der Waals surface area contributed by atoms with Crippen LogP contribution < -0.4 is 5.32 Å². The number of nitrogens with one attached hydrogen (secondary N) is 1. The number of hydrogen-bond acceptors (Lipinski definition) is 4. The Morgan fingerprint density at radius 3 is 2.71 bits per heavy atom. The molecule has 0 aliphatic carbocycles. The van der Waals surface area contributed by atoms with Crippen LogP contribution in [0, 0.1) is 5.92 Å². The van der Waals surface area contributed by atoms with E-state index in [-0.39, 0.29) is 31.1 Å². The molecule has 5 nitrogen and oxygen atoms in total. The van der Waals surface area contributed by atoms with Gasteiger partial charge in [0.1, 0.15) is 13.2 Å². The molecule has 96 valence electrons. The van der Waals surface area contributed by atoms with Crippen molar-refractivity contribution in [2.24, 2.45) is 5.92 Å². The molecule has 0 aromatic heterocycles. The molecule has 2 atom stereocenters. The van der Waals surface area contributed by atoms with Crippen LogP contribution in [0.25, 0.3) is 0 Å². The molecule has 2 aliphatic rings. The Morgan fingerprint density at radius 1 is 1.35 bits per heavy atom. The van der Waals surface area contributed by atoms with Crippen LogP contribution in [-0.4, -0.2) is 49.1 Å². The van der Waals surface area contributed by atoms with Gasteiger partial charge in [-0.3, -0.25) is 14.5 Å². The summed E-state index contributed by atoms with van der Waals surface area (Å²) in [6, 6.07) is 0.250. The van der Waals surface area contributed by atoms with Crippen molar-refractivity contribution in [2.75, 3.05) is 26.3 Å². The number of carbonyl (C=O) groups excluding carboxylic acids is 2. The van der Waals surface area contributed by atoms with Gasteiger partial charge in [-0.05, 0) is 25.3 Å². The fourth-order valence-electron chi connectivity index (χ4n) is 2.64. The molecule has 2 unspecified atom stereocenters. The largest absolute Gasteiger partial charge is 0.362 e. The van der Waals surface area contributed by atoms with Gasteiger partial charge in [-0.2, -0.15) is 0 Å². The topological polar surface area (TPSA) is 58.6 Å². The maximum Gasteiger partial charge on any atom is 0.255 e. The van der Waals surface area contributed by atoms with Crippen molar-refractivity contribution in [1.82, 2.24) is 10.2 Å². The maximum absolute atomic E-state index is 11.6. The Balaban J connectivity index is 1.97. The lowest BCUT2D eigenvalue weighted by Crippen LogP contribution is -2.55. The van der Waals surface area contributed by atoms with Gasteiger partial charge >= 0.3 is 0 Å². The van der Waals surface area contributed by atoms with E-state index in [1.165, 1.54) is 17.7 Å². The summed E-state index contributed by atoms with van der Waals surface area (Å²) in [6.45, 7) is 3.71. The summed E-state index contributed by atoms with van der Waals surface area (Å²) in [4.78, 5) is 24.6. The highest BCUT2D eigenvalue weighted by Crippen LogP contribution is 2.21. The number of amides is 2. The third-order valence-electron chi connectivity index (χ3n) is 3.68. The minimum atomic E-state index is -0.205. The molecular weight excluding hydrogens is 220 g/mol. The van der Waals surface area contributed by atoms with E-state index >= 15 is 0 Å². The number of imide groups is 1. The Bertz CT molecular complexity index is 290. The summed E-state index contributed by atoms with van der Waals surface area (Å²) >= 11 is 0. The zero-order chi connectivity index (χ0) is 12.3. The van der Waals surface area contributed by atoms with Crippen LogP contribution in [0.4, 0.5) is 0 Å². The fourth-order valence-corrected chi connectivity index (χ4v) is 2.64. The fraction of sp³-hybridized carbons (Fsp3) is 0.833. The average Bonchev–Trinajstić information content (AvgIpc) is 2.34. The normalized spacial score (nSPS) is 30.8. The van der Waals surface area contributed by atoms with Crippen molar-refractivity contribution in [2.45, 2.75) is 32.2 Å². The number of ether oxygens (including phenoxy) is 1. The first-order valence-corrected chi connectivity index (χ1v) is 6.36. The van der Waals surface area contributed by atoms with Crippen LogP contribution in [0.15, 0.2) is 0 Å². The molecule has 0 bridgehead atoms. The lowest BCUT2D eigenvalue weighted by atomic mass is 9.88. The zero-order valence-electron chi connectivity index (χ0n) is 10.3. The van der Waals surface area contributed by atoms with Crippen LogP contribution in [0.2, 0.25) is 0 Å². The van der Waals surface area contributed by atoms with Gasteiger partial charge in [0.25, 0.3) is 11.8 Å². The first-order chi connectivity index (χ1) is 8.22. The van der Waals surface area contributed by atoms with Gasteiger partial charge in [-0.15, -0.1) is 0 Å². The highest BCUT2D eigenvalue weighted by molar-refractivity contribution is 5.98. The Morgan fingerprint density at radius 2 is 2.06 bits per heavy atom. The van der Waals surface area contributed by atoms with Crippen molar-refractivity contribution < 1.29 is 14.3 Å². The van der Waals surface area contributed by atoms with Crippen LogP contribution >= 0.6 is 0 Å². The smallest absolute Gasteiger partial charge is 0.255 e. The van der Waals surface area contributed by atoms with Gasteiger partial charge in [0, 0.05) is 12.6 Å². The molecular formula is C12H20N2O3. The van der Waals surface area contributed by atoms with E-state index < -0.39 is 0 Å². The summed E-state index contributed by atoms with van der Waals surface area (Å²) in [6.07, 6.45) is 3.45. The lowest BCUT2D eigenvalue weighted by Gasteiger charge is -2.36. The molecule has 2 aliphatic heterocycles. The number of nitrogens with zero attached hydrogens (tertiary/aromatic N) is 1. The standard InChI is InChI=1S/C12H20N2O3/c1-2-9-4-3-5-13-10(9)6-14-11(15)7-17-8-12(14)16/h9-10,13H,2-8H2,1H3. The summed E-state index contributed by atoms with van der Waals surface area (Å²) < 4.78 is 4.91. The van der Waals surface area contributed by atoms with Gasteiger partial charge in [0.05, 0.1) is 0 Å². The minimum Gasteiger partial charge on any atom is -0.362 e. The van der Waals surface area contributed by atoms with E-state index in [0.29, 0.717) is 12.5 Å². The molecule has 5 heteroatoms. The number of morpholine rings is 1. The minimum absolute atomic E-state index is 0.0370. The third-order valence-corrected chi connectivity index (χ3v) is 3.68. The molecule has 0 saturated carbocycles. The van der Waals surface area contributed by atoms with Gasteiger partial charge in [-0.25, -0.2) is 0 Å². The highest BCUT2D eigenvalue weighted by Gasteiger charge is 2.32. The molecule has 2 heterocycles. The molecule has 2 amide bonds. The van der Waals surface area contributed by atoms with E-state index in [9.17, 15) is 9.59 Å². The van der Waals surface area contributed by atoms with Crippen molar-refractivity contribution in [3.05, 3.63) is 0 Å². The molecule has 2 saturated heterocycles.